The van der Waals surface area contributed by atoms with Crippen LogP contribution in [0.2, 0.25) is 0 Å². The molecule has 1 aliphatic rings. The van der Waals surface area contributed by atoms with Gasteiger partial charge in [-0.1, -0.05) is 37.3 Å². The third-order valence-corrected chi connectivity index (χ3v) is 4.27. The molecule has 0 spiro atoms. The van der Waals surface area contributed by atoms with E-state index in [1.807, 2.05) is 0 Å². The first-order chi connectivity index (χ1) is 9.80. The highest BCUT2D eigenvalue weighted by atomic mass is 16.5. The maximum atomic E-state index is 5.74. The summed E-state index contributed by atoms with van der Waals surface area (Å²) in [5.41, 5.74) is 5.18. The number of hydrogen-bond acceptors (Lipinski definition) is 5. The Morgan fingerprint density at radius 2 is 1.90 bits per heavy atom. The highest BCUT2D eigenvalue weighted by molar-refractivity contribution is 5.03. The third kappa shape index (κ3) is 3.79. The standard InChI is InChI=1S/C15H27N3O2/c1-19-15(10-6-4-7-11-15)14-17-13(20-18-14)9-5-2-3-8-12-16/h2-12,16H2,1H3. The number of hydrogen-bond donors (Lipinski definition) is 1. The molecule has 20 heavy (non-hydrogen) atoms. The molecular weight excluding hydrogens is 254 g/mol. The van der Waals surface area contributed by atoms with E-state index in [0.717, 1.165) is 50.4 Å². The molecule has 1 saturated carbocycles. The van der Waals surface area contributed by atoms with Gasteiger partial charge in [0.05, 0.1) is 0 Å². The van der Waals surface area contributed by atoms with Crippen molar-refractivity contribution in [1.29, 1.82) is 0 Å². The van der Waals surface area contributed by atoms with E-state index in [4.69, 9.17) is 15.0 Å². The van der Waals surface area contributed by atoms with Crippen molar-refractivity contribution in [3.05, 3.63) is 11.7 Å². The fourth-order valence-electron chi connectivity index (χ4n) is 2.96. The van der Waals surface area contributed by atoms with E-state index in [1.54, 1.807) is 7.11 Å². The van der Waals surface area contributed by atoms with Crippen LogP contribution in [0.3, 0.4) is 0 Å². The molecule has 2 rings (SSSR count). The predicted octanol–water partition coefficient (Wildman–Crippen LogP) is 2.94. The van der Waals surface area contributed by atoms with Gasteiger partial charge in [0.25, 0.3) is 0 Å². The fraction of sp³-hybridized carbons (Fsp3) is 0.867. The fourth-order valence-corrected chi connectivity index (χ4v) is 2.96. The maximum Gasteiger partial charge on any atom is 0.226 e. The minimum atomic E-state index is -0.306. The van der Waals surface area contributed by atoms with Crippen molar-refractivity contribution in [2.24, 2.45) is 5.73 Å². The van der Waals surface area contributed by atoms with Gasteiger partial charge in [-0.15, -0.1) is 0 Å². The molecule has 0 unspecified atom stereocenters. The average molecular weight is 281 g/mol. The Morgan fingerprint density at radius 3 is 2.60 bits per heavy atom. The lowest BCUT2D eigenvalue weighted by molar-refractivity contribution is -0.0527. The second kappa shape index (κ2) is 7.74. The minimum absolute atomic E-state index is 0.306. The molecular formula is C15H27N3O2. The summed E-state index contributed by atoms with van der Waals surface area (Å²) in [6, 6.07) is 0. The number of nitrogens with zero attached hydrogens (tertiary/aromatic N) is 2. The molecule has 114 valence electrons. The van der Waals surface area contributed by atoms with Gasteiger partial charge >= 0.3 is 0 Å². The Balaban J connectivity index is 1.87. The lowest BCUT2D eigenvalue weighted by Gasteiger charge is -2.32. The van der Waals surface area contributed by atoms with Crippen LogP contribution in [0.1, 0.15) is 69.5 Å². The van der Waals surface area contributed by atoms with Crippen molar-refractivity contribution >= 4 is 0 Å². The SMILES string of the molecule is COC1(c2noc(CCCCCCN)n2)CCCCC1. The number of ether oxygens (including phenoxy) is 1. The van der Waals surface area contributed by atoms with Crippen LogP contribution in [0.5, 0.6) is 0 Å². The number of methoxy groups -OCH3 is 1. The van der Waals surface area contributed by atoms with Crippen LogP contribution in [0.25, 0.3) is 0 Å². The third-order valence-electron chi connectivity index (χ3n) is 4.27. The van der Waals surface area contributed by atoms with Crippen molar-refractivity contribution in [2.45, 2.75) is 69.8 Å². The summed E-state index contributed by atoms with van der Waals surface area (Å²) in [6.45, 7) is 0.779. The van der Waals surface area contributed by atoms with Gasteiger partial charge in [0.2, 0.25) is 11.7 Å². The number of aryl methyl sites for hydroxylation is 1. The summed E-state index contributed by atoms with van der Waals surface area (Å²) < 4.78 is 11.1. The Kier molecular flexibility index (Phi) is 5.98. The Hall–Kier alpha value is -0.940. The van der Waals surface area contributed by atoms with Crippen LogP contribution in [0.4, 0.5) is 0 Å². The van der Waals surface area contributed by atoms with Crippen molar-refractivity contribution in [1.82, 2.24) is 10.1 Å². The summed E-state index contributed by atoms with van der Waals surface area (Å²) in [7, 11) is 1.76. The first-order valence-electron chi connectivity index (χ1n) is 7.89. The minimum Gasteiger partial charge on any atom is -0.370 e. The molecule has 5 heteroatoms. The zero-order valence-electron chi connectivity index (χ0n) is 12.6. The highest BCUT2D eigenvalue weighted by Crippen LogP contribution is 2.38. The molecule has 1 aromatic heterocycles. The predicted molar refractivity (Wildman–Crippen MR) is 77.3 cm³/mol. The first-order valence-corrected chi connectivity index (χ1v) is 7.89. The molecule has 1 heterocycles. The average Bonchev–Trinajstić information content (AvgIpc) is 2.97. The summed E-state index contributed by atoms with van der Waals surface area (Å²) >= 11 is 0. The van der Waals surface area contributed by atoms with Crippen LogP contribution in [0, 0.1) is 0 Å². The summed E-state index contributed by atoms with van der Waals surface area (Å²) in [5.74, 6) is 1.49. The topological polar surface area (TPSA) is 74.2 Å². The van der Waals surface area contributed by atoms with Gasteiger partial charge in [0.1, 0.15) is 5.60 Å². The second-order valence-electron chi connectivity index (χ2n) is 5.72. The molecule has 0 radical (unpaired) electrons. The largest absolute Gasteiger partial charge is 0.370 e. The monoisotopic (exact) mass is 281 g/mol. The molecule has 0 aliphatic heterocycles. The zero-order valence-corrected chi connectivity index (χ0v) is 12.6. The van der Waals surface area contributed by atoms with Crippen LogP contribution in [-0.2, 0) is 16.8 Å². The van der Waals surface area contributed by atoms with Crippen LogP contribution >= 0.6 is 0 Å². The van der Waals surface area contributed by atoms with Gasteiger partial charge in [0, 0.05) is 13.5 Å². The van der Waals surface area contributed by atoms with Crippen molar-refractivity contribution in [3.63, 3.8) is 0 Å². The smallest absolute Gasteiger partial charge is 0.226 e. The van der Waals surface area contributed by atoms with Gasteiger partial charge in [-0.05, 0) is 32.2 Å². The first kappa shape index (κ1) is 15.4. The zero-order chi connectivity index (χ0) is 14.3. The highest BCUT2D eigenvalue weighted by Gasteiger charge is 2.38. The molecule has 5 nitrogen and oxygen atoms in total. The summed E-state index contributed by atoms with van der Waals surface area (Å²) in [5, 5.41) is 4.17. The Labute approximate surface area is 121 Å². The molecule has 0 aromatic carbocycles. The van der Waals surface area contributed by atoms with Gasteiger partial charge in [0.15, 0.2) is 0 Å². The molecule has 1 aromatic rings. The van der Waals surface area contributed by atoms with Crippen molar-refractivity contribution in [2.75, 3.05) is 13.7 Å². The van der Waals surface area contributed by atoms with E-state index < -0.39 is 0 Å². The van der Waals surface area contributed by atoms with Crippen LogP contribution in [-0.4, -0.2) is 23.8 Å². The van der Waals surface area contributed by atoms with E-state index in [1.165, 1.54) is 32.1 Å². The molecule has 0 atom stereocenters. The van der Waals surface area contributed by atoms with E-state index in [0.29, 0.717) is 0 Å². The van der Waals surface area contributed by atoms with Gasteiger partial charge in [-0.2, -0.15) is 4.98 Å². The molecule has 1 aliphatic carbocycles. The number of aromatic nitrogens is 2. The molecule has 0 amide bonds. The van der Waals surface area contributed by atoms with Crippen molar-refractivity contribution in [3.8, 4) is 0 Å². The van der Waals surface area contributed by atoms with Gasteiger partial charge in [-0.25, -0.2) is 0 Å². The van der Waals surface area contributed by atoms with Gasteiger partial charge < -0.3 is 15.0 Å². The molecule has 0 saturated heterocycles. The Morgan fingerprint density at radius 1 is 1.15 bits per heavy atom. The summed E-state index contributed by atoms with van der Waals surface area (Å²) in [4.78, 5) is 4.57. The molecule has 0 bridgehead atoms. The molecule has 2 N–H and O–H groups in total. The van der Waals surface area contributed by atoms with E-state index in [2.05, 4.69) is 10.1 Å². The van der Waals surface area contributed by atoms with E-state index in [9.17, 15) is 0 Å². The van der Waals surface area contributed by atoms with Crippen molar-refractivity contribution < 1.29 is 9.26 Å². The number of rotatable bonds is 8. The van der Waals surface area contributed by atoms with E-state index >= 15 is 0 Å². The van der Waals surface area contributed by atoms with Gasteiger partial charge in [-0.3, -0.25) is 0 Å². The summed E-state index contributed by atoms with van der Waals surface area (Å²) in [6.07, 6.45) is 11.0. The number of nitrogens with two attached hydrogens (primary N) is 1. The lowest BCUT2D eigenvalue weighted by atomic mass is 9.84. The van der Waals surface area contributed by atoms with Crippen LogP contribution < -0.4 is 5.73 Å². The van der Waals surface area contributed by atoms with Crippen LogP contribution in [0.15, 0.2) is 4.52 Å². The Bertz CT molecular complexity index is 386. The molecule has 1 fully saturated rings. The van der Waals surface area contributed by atoms with E-state index in [-0.39, 0.29) is 5.60 Å². The number of unbranched alkanes of at least 4 members (excludes halogenated alkanes) is 3. The lowest BCUT2D eigenvalue weighted by Crippen LogP contribution is -2.32. The second-order valence-corrected chi connectivity index (χ2v) is 5.72. The normalized spacial score (nSPS) is 18.3. The quantitative estimate of drug-likeness (QED) is 0.741. The maximum absolute atomic E-state index is 5.74.